The fourth-order valence-electron chi connectivity index (χ4n) is 4.53. The molecule has 27 heavy (non-hydrogen) atoms. The van der Waals surface area contributed by atoms with Crippen molar-refractivity contribution in [2.45, 2.75) is 57.1 Å². The first-order valence-corrected chi connectivity index (χ1v) is 10.0. The molecule has 0 unspecified atom stereocenters. The maximum Gasteiger partial charge on any atom is 0.122 e. The van der Waals surface area contributed by atoms with E-state index >= 15 is 0 Å². The molecule has 0 aromatic heterocycles. The predicted molar refractivity (Wildman–Crippen MR) is 111 cm³/mol. The van der Waals surface area contributed by atoms with E-state index in [2.05, 4.69) is 80.7 Å². The van der Waals surface area contributed by atoms with Crippen molar-refractivity contribution in [2.24, 2.45) is 0 Å². The molecule has 1 saturated heterocycles. The summed E-state index contributed by atoms with van der Waals surface area (Å²) in [7, 11) is 1.77. The van der Waals surface area contributed by atoms with E-state index in [0.29, 0.717) is 6.04 Å². The largest absolute Gasteiger partial charge is 0.496 e. The van der Waals surface area contributed by atoms with Gasteiger partial charge in [0.15, 0.2) is 0 Å². The van der Waals surface area contributed by atoms with Gasteiger partial charge in [-0.25, -0.2) is 0 Å². The fraction of sp³-hybridized carbons (Fsp3) is 0.500. The van der Waals surface area contributed by atoms with Gasteiger partial charge in [0.2, 0.25) is 0 Å². The van der Waals surface area contributed by atoms with Crippen LogP contribution in [0.4, 0.5) is 0 Å². The first-order valence-electron chi connectivity index (χ1n) is 10.0. The summed E-state index contributed by atoms with van der Waals surface area (Å²) in [5.41, 5.74) is 2.59. The Hall–Kier alpha value is -1.84. The molecule has 2 aromatic rings. The van der Waals surface area contributed by atoms with Crippen molar-refractivity contribution >= 4 is 0 Å². The van der Waals surface area contributed by atoms with E-state index in [-0.39, 0.29) is 11.0 Å². The first-order chi connectivity index (χ1) is 13.0. The Kier molecular flexibility index (Phi) is 6.23. The fourth-order valence-corrected chi connectivity index (χ4v) is 4.53. The third-order valence-corrected chi connectivity index (χ3v) is 5.87. The molecule has 0 saturated carbocycles. The Morgan fingerprint density at radius 1 is 1.07 bits per heavy atom. The summed E-state index contributed by atoms with van der Waals surface area (Å²) in [6.07, 6.45) is 3.09. The zero-order valence-electron chi connectivity index (χ0n) is 17.1. The molecule has 146 valence electrons. The Balaban J connectivity index is 1.79. The molecule has 1 heterocycles. The van der Waals surface area contributed by atoms with Gasteiger partial charge < -0.3 is 14.8 Å². The number of rotatable bonds is 7. The number of hydrogen-bond donors (Lipinski definition) is 1. The smallest absolute Gasteiger partial charge is 0.122 e. The van der Waals surface area contributed by atoms with Gasteiger partial charge in [-0.05, 0) is 58.2 Å². The Morgan fingerprint density at radius 3 is 2.48 bits per heavy atom. The molecule has 1 aliphatic heterocycles. The van der Waals surface area contributed by atoms with Gasteiger partial charge in [0, 0.05) is 23.6 Å². The Labute approximate surface area is 164 Å². The average molecular weight is 368 g/mol. The van der Waals surface area contributed by atoms with Gasteiger partial charge in [0.1, 0.15) is 5.75 Å². The summed E-state index contributed by atoms with van der Waals surface area (Å²) in [6.45, 7) is 8.40. The zero-order chi connectivity index (χ0) is 19.3. The highest BCUT2D eigenvalue weighted by Gasteiger charge is 2.43. The molecule has 0 bridgehead atoms. The van der Waals surface area contributed by atoms with Gasteiger partial charge in [0.25, 0.3) is 0 Å². The molecule has 0 amide bonds. The number of hydrogen-bond acceptors (Lipinski definition) is 3. The number of nitrogens with one attached hydrogen (secondary N) is 1. The Morgan fingerprint density at radius 2 is 1.78 bits per heavy atom. The van der Waals surface area contributed by atoms with Crippen LogP contribution in [0.1, 0.15) is 57.2 Å². The second-order valence-electron chi connectivity index (χ2n) is 8.35. The molecular weight excluding hydrogens is 334 g/mol. The molecule has 0 aliphatic carbocycles. The van der Waals surface area contributed by atoms with Gasteiger partial charge in [-0.3, -0.25) is 0 Å². The van der Waals surface area contributed by atoms with Gasteiger partial charge >= 0.3 is 0 Å². The highest BCUT2D eigenvalue weighted by molar-refractivity contribution is 5.40. The second kappa shape index (κ2) is 8.45. The number of benzene rings is 2. The Bertz CT molecular complexity index is 728. The van der Waals surface area contributed by atoms with Crippen molar-refractivity contribution in [3.05, 3.63) is 65.7 Å². The van der Waals surface area contributed by atoms with Gasteiger partial charge in [0.05, 0.1) is 12.7 Å². The molecule has 3 heteroatoms. The highest BCUT2D eigenvalue weighted by atomic mass is 16.5. The lowest BCUT2D eigenvalue weighted by Crippen LogP contribution is -2.45. The summed E-state index contributed by atoms with van der Waals surface area (Å²) in [4.78, 5) is 0. The molecule has 1 N–H and O–H groups in total. The first kappa shape index (κ1) is 19.9. The number of methoxy groups -OCH3 is 1. The van der Waals surface area contributed by atoms with Crippen LogP contribution in [-0.4, -0.2) is 25.9 Å². The van der Waals surface area contributed by atoms with Crippen molar-refractivity contribution in [2.75, 3.05) is 20.3 Å². The third-order valence-electron chi connectivity index (χ3n) is 5.87. The maximum atomic E-state index is 6.05. The van der Waals surface area contributed by atoms with Crippen molar-refractivity contribution in [3.8, 4) is 5.75 Å². The van der Waals surface area contributed by atoms with E-state index in [4.69, 9.17) is 9.47 Å². The van der Waals surface area contributed by atoms with Crippen molar-refractivity contribution in [1.29, 1.82) is 0 Å². The number of ether oxygens (including phenoxy) is 2. The van der Waals surface area contributed by atoms with E-state index in [1.54, 1.807) is 7.11 Å². The lowest BCUT2D eigenvalue weighted by atomic mass is 9.67. The van der Waals surface area contributed by atoms with E-state index in [1.165, 1.54) is 11.1 Å². The molecule has 2 atom stereocenters. The molecule has 3 rings (SSSR count). The molecule has 1 fully saturated rings. The minimum absolute atomic E-state index is 0.0672. The standard InChI is InChI=1S/C24H33NO2/c1-19(20-10-6-5-7-11-20)25-16-14-24(15-17-27-23(2,3)18-24)21-12-8-9-13-22(21)26-4/h5-13,19,25H,14-18H2,1-4H3/t19-,24+/m0/s1. The van der Waals surface area contributed by atoms with Crippen LogP contribution in [0.3, 0.4) is 0 Å². The van der Waals surface area contributed by atoms with Crippen LogP contribution < -0.4 is 10.1 Å². The SMILES string of the molecule is COc1ccccc1[C@]1(CCN[C@@H](C)c2ccccc2)CCOC(C)(C)C1. The van der Waals surface area contributed by atoms with Crippen LogP contribution in [0.2, 0.25) is 0 Å². The predicted octanol–water partition coefficient (Wildman–Crippen LogP) is 5.26. The second-order valence-corrected chi connectivity index (χ2v) is 8.35. The van der Waals surface area contributed by atoms with Gasteiger partial charge in [-0.15, -0.1) is 0 Å². The van der Waals surface area contributed by atoms with E-state index in [0.717, 1.165) is 38.2 Å². The normalized spacial score (nSPS) is 23.0. The topological polar surface area (TPSA) is 30.5 Å². The monoisotopic (exact) mass is 367 g/mol. The summed E-state index contributed by atoms with van der Waals surface area (Å²) < 4.78 is 11.8. The van der Waals surface area contributed by atoms with Crippen LogP contribution in [0.15, 0.2) is 54.6 Å². The van der Waals surface area contributed by atoms with Crippen LogP contribution in [0.25, 0.3) is 0 Å². The van der Waals surface area contributed by atoms with E-state index < -0.39 is 0 Å². The lowest BCUT2D eigenvalue weighted by Gasteiger charge is -2.46. The zero-order valence-corrected chi connectivity index (χ0v) is 17.1. The highest BCUT2D eigenvalue weighted by Crippen LogP contribution is 2.46. The average Bonchev–Trinajstić information content (AvgIpc) is 2.67. The van der Waals surface area contributed by atoms with Crippen LogP contribution in [0.5, 0.6) is 5.75 Å². The van der Waals surface area contributed by atoms with Crippen LogP contribution in [0, 0.1) is 0 Å². The molecule has 0 radical (unpaired) electrons. The molecule has 1 aliphatic rings. The quantitative estimate of drug-likeness (QED) is 0.724. The third kappa shape index (κ3) is 4.72. The number of para-hydroxylation sites is 1. The van der Waals surface area contributed by atoms with E-state index in [9.17, 15) is 0 Å². The minimum atomic E-state index is -0.121. The lowest BCUT2D eigenvalue weighted by molar-refractivity contribution is -0.0843. The molecule has 3 nitrogen and oxygen atoms in total. The molecule has 2 aromatic carbocycles. The maximum absolute atomic E-state index is 6.05. The van der Waals surface area contributed by atoms with Gasteiger partial charge in [-0.2, -0.15) is 0 Å². The van der Waals surface area contributed by atoms with Crippen LogP contribution in [-0.2, 0) is 10.2 Å². The van der Waals surface area contributed by atoms with Crippen molar-refractivity contribution in [1.82, 2.24) is 5.32 Å². The van der Waals surface area contributed by atoms with E-state index in [1.807, 2.05) is 0 Å². The van der Waals surface area contributed by atoms with Crippen molar-refractivity contribution in [3.63, 3.8) is 0 Å². The molecular formula is C24H33NO2. The molecule has 0 spiro atoms. The summed E-state index contributed by atoms with van der Waals surface area (Å²) in [5.74, 6) is 0.992. The summed E-state index contributed by atoms with van der Waals surface area (Å²) >= 11 is 0. The van der Waals surface area contributed by atoms with Crippen molar-refractivity contribution < 1.29 is 9.47 Å². The summed E-state index contributed by atoms with van der Waals surface area (Å²) in [6, 6.07) is 19.5. The van der Waals surface area contributed by atoms with Crippen LogP contribution >= 0.6 is 0 Å². The minimum Gasteiger partial charge on any atom is -0.496 e. The summed E-state index contributed by atoms with van der Waals surface area (Å²) in [5, 5.41) is 3.72. The van der Waals surface area contributed by atoms with Gasteiger partial charge in [-0.1, -0.05) is 48.5 Å².